The quantitative estimate of drug-likeness (QED) is 0.292. The van der Waals surface area contributed by atoms with Gasteiger partial charge in [0, 0.05) is 18.8 Å². The first-order valence-electron chi connectivity index (χ1n) is 15.7. The van der Waals surface area contributed by atoms with Gasteiger partial charge in [-0.25, -0.2) is 4.79 Å². The molecule has 226 valence electrons. The summed E-state index contributed by atoms with van der Waals surface area (Å²) in [5.74, 6) is -2.74. The zero-order valence-corrected chi connectivity index (χ0v) is 24.2. The molecule has 4 N–H and O–H groups in total. The van der Waals surface area contributed by atoms with Crippen LogP contribution >= 0.6 is 0 Å². The zero-order valence-electron chi connectivity index (χ0n) is 24.2. The normalized spacial score (nSPS) is 36.4. The maximum atomic E-state index is 13.4. The molecule has 2 saturated carbocycles. The monoisotopic (exact) mass is 569 g/mol. The number of fused-ring (bicyclic) bond motifs is 4. The number of rotatable bonds is 11. The van der Waals surface area contributed by atoms with Crippen LogP contribution in [0.25, 0.3) is 0 Å². The van der Waals surface area contributed by atoms with Gasteiger partial charge in [-0.3, -0.25) is 4.79 Å². The van der Waals surface area contributed by atoms with Crippen LogP contribution in [0.3, 0.4) is 0 Å². The van der Waals surface area contributed by atoms with Gasteiger partial charge in [-0.1, -0.05) is 75.1 Å². The third-order valence-corrected chi connectivity index (χ3v) is 9.93. The molecular weight excluding hydrogens is 522 g/mol. The van der Waals surface area contributed by atoms with E-state index in [4.69, 9.17) is 9.47 Å². The molecule has 6 rings (SSSR count). The molecule has 8 heteroatoms. The van der Waals surface area contributed by atoms with Crippen molar-refractivity contribution in [2.24, 2.45) is 23.7 Å². The van der Waals surface area contributed by atoms with Gasteiger partial charge in [0.1, 0.15) is 12.1 Å². The van der Waals surface area contributed by atoms with E-state index in [9.17, 15) is 24.9 Å². The minimum Gasteiger partial charge on any atom is -0.480 e. The SMILES string of the molecule is CCCC[C@H]1CCC(C(O)/C=C/[C@@H]2[C@H]3CC4CCCC(C(=O)N[C@@H](Cc5ccccc5)C(=O)O)OC2(O)CC3O4)C1. The molecule has 0 spiro atoms. The van der Waals surface area contributed by atoms with Gasteiger partial charge in [0.05, 0.1) is 18.3 Å². The number of carbonyl (C=O) groups is 2. The van der Waals surface area contributed by atoms with Crippen molar-refractivity contribution >= 4 is 11.9 Å². The largest absolute Gasteiger partial charge is 0.480 e. The highest BCUT2D eigenvalue weighted by Gasteiger charge is 2.58. The Morgan fingerprint density at radius 2 is 1.95 bits per heavy atom. The molecule has 2 aliphatic carbocycles. The highest BCUT2D eigenvalue weighted by Crippen LogP contribution is 2.52. The fraction of sp³-hybridized carbons (Fsp3) is 0.697. The molecule has 10 atom stereocenters. The van der Waals surface area contributed by atoms with E-state index in [2.05, 4.69) is 12.2 Å². The Bertz CT molecular complexity index is 1060. The summed E-state index contributed by atoms with van der Waals surface area (Å²) in [5.41, 5.74) is 0.810. The lowest BCUT2D eigenvalue weighted by atomic mass is 9.86. The Kier molecular flexibility index (Phi) is 9.85. The molecule has 6 unspecified atom stereocenters. The summed E-state index contributed by atoms with van der Waals surface area (Å²) in [4.78, 5) is 25.4. The van der Waals surface area contributed by atoms with Gasteiger partial charge in [0.2, 0.25) is 5.91 Å². The molecule has 1 amide bonds. The van der Waals surface area contributed by atoms with Crippen molar-refractivity contribution in [3.05, 3.63) is 48.0 Å². The number of ether oxygens (including phenoxy) is 2. The standard InChI is InChI=1S/C33H47NO7/c1-2-3-8-22-13-14-23(17-22)28(35)16-15-26-25-19-24-11-7-12-29(41-33(26,39)20-30(25)40-24)31(36)34-27(32(37)38)18-21-9-5-4-6-10-21/h4-6,9-10,15-16,22-30,35,39H,2-3,7-8,11-14,17-20H2,1H3,(H,34,36)(H,37,38)/b16-15+/t22-,23?,24?,25+,26+,27-,28?,29?,30?,33?/m0/s1. The molecule has 0 aromatic heterocycles. The van der Waals surface area contributed by atoms with E-state index in [0.29, 0.717) is 18.8 Å². The van der Waals surface area contributed by atoms with Gasteiger partial charge in [0.15, 0.2) is 5.79 Å². The Hall–Kier alpha value is -2.26. The summed E-state index contributed by atoms with van der Waals surface area (Å²) in [6.45, 7) is 2.21. The second-order valence-corrected chi connectivity index (χ2v) is 12.9. The highest BCUT2D eigenvalue weighted by molar-refractivity contribution is 5.86. The summed E-state index contributed by atoms with van der Waals surface area (Å²) in [6, 6.07) is 8.09. The Labute approximate surface area is 243 Å². The highest BCUT2D eigenvalue weighted by atomic mass is 16.6. The van der Waals surface area contributed by atoms with Crippen molar-refractivity contribution < 1.29 is 34.4 Å². The third kappa shape index (κ3) is 7.22. The number of benzene rings is 1. The number of nitrogens with one attached hydrogen (secondary N) is 1. The molecule has 41 heavy (non-hydrogen) atoms. The summed E-state index contributed by atoms with van der Waals surface area (Å²) in [7, 11) is 0. The molecule has 3 heterocycles. The Morgan fingerprint density at radius 3 is 2.71 bits per heavy atom. The Balaban J connectivity index is 1.28. The summed E-state index contributed by atoms with van der Waals surface area (Å²) in [6.07, 6.45) is 12.0. The number of hydrogen-bond acceptors (Lipinski definition) is 6. The van der Waals surface area contributed by atoms with Gasteiger partial charge in [-0.05, 0) is 61.8 Å². The van der Waals surface area contributed by atoms with E-state index in [-0.39, 0.29) is 36.9 Å². The predicted octanol–water partition coefficient (Wildman–Crippen LogP) is 4.37. The molecule has 3 saturated heterocycles. The van der Waals surface area contributed by atoms with Gasteiger partial charge in [-0.15, -0.1) is 0 Å². The molecule has 5 fully saturated rings. The van der Waals surface area contributed by atoms with Crippen molar-refractivity contribution in [1.29, 1.82) is 0 Å². The maximum absolute atomic E-state index is 13.4. The van der Waals surface area contributed by atoms with Crippen LogP contribution in [0.5, 0.6) is 0 Å². The van der Waals surface area contributed by atoms with Gasteiger partial charge >= 0.3 is 5.97 Å². The Morgan fingerprint density at radius 1 is 1.15 bits per heavy atom. The molecule has 3 aliphatic heterocycles. The lowest BCUT2D eigenvalue weighted by molar-refractivity contribution is -0.249. The zero-order chi connectivity index (χ0) is 29.0. The molecule has 8 nitrogen and oxygen atoms in total. The number of unbranched alkanes of at least 4 members (excludes halogenated alkanes) is 1. The molecule has 0 radical (unpaired) electrons. The van der Waals surface area contributed by atoms with Gasteiger partial charge in [0.25, 0.3) is 0 Å². The van der Waals surface area contributed by atoms with E-state index < -0.39 is 41.8 Å². The van der Waals surface area contributed by atoms with Crippen LogP contribution < -0.4 is 5.32 Å². The fourth-order valence-electron chi connectivity index (χ4n) is 7.71. The maximum Gasteiger partial charge on any atom is 0.326 e. The minimum atomic E-state index is -1.63. The molecule has 5 aliphatic rings. The van der Waals surface area contributed by atoms with E-state index >= 15 is 0 Å². The van der Waals surface area contributed by atoms with Gasteiger partial charge < -0.3 is 30.1 Å². The van der Waals surface area contributed by atoms with Crippen LogP contribution in [0, 0.1) is 23.7 Å². The number of hydrogen-bond donors (Lipinski definition) is 4. The lowest BCUT2D eigenvalue weighted by Crippen LogP contribution is -2.51. The first-order chi connectivity index (χ1) is 19.8. The van der Waals surface area contributed by atoms with Crippen molar-refractivity contribution in [3.8, 4) is 0 Å². The first-order valence-corrected chi connectivity index (χ1v) is 15.7. The third-order valence-electron chi connectivity index (χ3n) is 9.93. The van der Waals surface area contributed by atoms with Crippen molar-refractivity contribution in [2.75, 3.05) is 0 Å². The fourth-order valence-corrected chi connectivity index (χ4v) is 7.71. The average Bonchev–Trinajstić information content (AvgIpc) is 3.63. The van der Waals surface area contributed by atoms with E-state index in [1.165, 1.54) is 19.3 Å². The number of carbonyl (C=O) groups excluding carboxylic acids is 1. The van der Waals surface area contributed by atoms with Crippen LogP contribution in [0.2, 0.25) is 0 Å². The molecule has 1 aromatic rings. The van der Waals surface area contributed by atoms with Crippen molar-refractivity contribution in [2.45, 2.75) is 120 Å². The lowest BCUT2D eigenvalue weighted by Gasteiger charge is -2.36. The summed E-state index contributed by atoms with van der Waals surface area (Å²) >= 11 is 0. The smallest absolute Gasteiger partial charge is 0.326 e. The van der Waals surface area contributed by atoms with Gasteiger partial charge in [-0.2, -0.15) is 0 Å². The van der Waals surface area contributed by atoms with Crippen LogP contribution in [-0.4, -0.2) is 63.4 Å². The number of amides is 1. The van der Waals surface area contributed by atoms with E-state index in [0.717, 1.165) is 37.7 Å². The van der Waals surface area contributed by atoms with Crippen LogP contribution in [-0.2, 0) is 25.5 Å². The number of aliphatic hydroxyl groups is 2. The average molecular weight is 570 g/mol. The van der Waals surface area contributed by atoms with Crippen LogP contribution in [0.4, 0.5) is 0 Å². The summed E-state index contributed by atoms with van der Waals surface area (Å²) in [5, 5.41) is 35.4. The van der Waals surface area contributed by atoms with E-state index in [1.54, 1.807) is 0 Å². The van der Waals surface area contributed by atoms with Crippen LogP contribution in [0.15, 0.2) is 42.5 Å². The first kappa shape index (κ1) is 30.2. The predicted molar refractivity (Wildman–Crippen MR) is 154 cm³/mol. The number of carboxylic acids is 1. The summed E-state index contributed by atoms with van der Waals surface area (Å²) < 4.78 is 12.6. The number of aliphatic hydroxyl groups excluding tert-OH is 1. The van der Waals surface area contributed by atoms with Crippen molar-refractivity contribution in [1.82, 2.24) is 5.32 Å². The number of aliphatic carboxylic acids is 1. The molecule has 4 bridgehead atoms. The molecular formula is C33H47NO7. The van der Waals surface area contributed by atoms with Crippen molar-refractivity contribution in [3.63, 3.8) is 0 Å². The second-order valence-electron chi connectivity index (χ2n) is 12.9. The second kappa shape index (κ2) is 13.4. The van der Waals surface area contributed by atoms with Crippen LogP contribution in [0.1, 0.15) is 83.1 Å². The number of carboxylic acid groups (broad SMARTS) is 1. The minimum absolute atomic E-state index is 0.0426. The molecule has 1 aromatic carbocycles. The topological polar surface area (TPSA) is 125 Å². The van der Waals surface area contributed by atoms with E-state index in [1.807, 2.05) is 42.5 Å².